The van der Waals surface area contributed by atoms with Crippen molar-refractivity contribution in [3.8, 4) is 11.3 Å². The lowest BCUT2D eigenvalue weighted by atomic mass is 10.2. The number of oxazole rings is 1. The first-order chi connectivity index (χ1) is 7.67. The zero-order chi connectivity index (χ0) is 11.2. The van der Waals surface area contributed by atoms with Crippen molar-refractivity contribution in [2.75, 3.05) is 0 Å². The third kappa shape index (κ3) is 1.68. The molecule has 1 aliphatic carbocycles. The molecule has 1 aliphatic rings. The van der Waals surface area contributed by atoms with E-state index >= 15 is 0 Å². The van der Waals surface area contributed by atoms with Crippen LogP contribution in [0, 0.1) is 0 Å². The molecule has 0 radical (unpaired) electrons. The Labute approximate surface area is 102 Å². The lowest BCUT2D eigenvalue weighted by Gasteiger charge is -2.00. The summed E-state index contributed by atoms with van der Waals surface area (Å²) >= 11 is 3.40. The molecule has 1 saturated carbocycles. The Balaban J connectivity index is 1.95. The number of nitrogens with two attached hydrogens (primary N) is 1. The summed E-state index contributed by atoms with van der Waals surface area (Å²) in [4.78, 5) is 4.44. The molecule has 1 aromatic heterocycles. The molecule has 2 N–H and O–H groups in total. The number of halogens is 1. The third-order valence-electron chi connectivity index (χ3n) is 2.86. The first-order valence-electron chi connectivity index (χ1n) is 5.18. The molecule has 0 aliphatic heterocycles. The predicted molar refractivity (Wildman–Crippen MR) is 64.7 cm³/mol. The van der Waals surface area contributed by atoms with Crippen LogP contribution in [0.5, 0.6) is 0 Å². The maximum absolute atomic E-state index is 6.02. The Hall–Kier alpha value is -1.13. The van der Waals surface area contributed by atoms with Crippen LogP contribution < -0.4 is 5.73 Å². The molecule has 1 heterocycles. The maximum atomic E-state index is 6.02. The predicted octanol–water partition coefficient (Wildman–Crippen LogP) is 3.05. The van der Waals surface area contributed by atoms with Gasteiger partial charge in [-0.15, -0.1) is 0 Å². The van der Waals surface area contributed by atoms with Crippen molar-refractivity contribution >= 4 is 15.9 Å². The van der Waals surface area contributed by atoms with Crippen LogP contribution in [0.2, 0.25) is 0 Å². The standard InChI is InChI=1S/C12H11BrN2O/c13-9-3-1-8(2-4-9)10-7-16-11(15-10)12(14)5-6-12/h1-4,7H,5-6,14H2. The van der Waals surface area contributed by atoms with Crippen LogP contribution in [0.25, 0.3) is 11.3 Å². The van der Waals surface area contributed by atoms with E-state index in [0.29, 0.717) is 5.89 Å². The zero-order valence-electron chi connectivity index (χ0n) is 8.61. The maximum Gasteiger partial charge on any atom is 0.214 e. The second-order valence-electron chi connectivity index (χ2n) is 4.20. The molecule has 1 aromatic carbocycles. The van der Waals surface area contributed by atoms with Crippen molar-refractivity contribution in [3.63, 3.8) is 0 Å². The lowest BCUT2D eigenvalue weighted by molar-refractivity contribution is 0.440. The molecule has 82 valence electrons. The summed E-state index contributed by atoms with van der Waals surface area (Å²) in [5, 5.41) is 0. The highest BCUT2D eigenvalue weighted by Gasteiger charge is 2.44. The van der Waals surface area contributed by atoms with Gasteiger partial charge in [0.2, 0.25) is 5.89 Å². The molecule has 0 saturated heterocycles. The summed E-state index contributed by atoms with van der Waals surface area (Å²) in [5.74, 6) is 0.658. The largest absolute Gasteiger partial charge is 0.446 e. The van der Waals surface area contributed by atoms with Crippen LogP contribution in [-0.2, 0) is 5.54 Å². The molecule has 0 unspecified atom stereocenters. The lowest BCUT2D eigenvalue weighted by Crippen LogP contribution is -2.18. The average Bonchev–Trinajstić information content (AvgIpc) is 2.84. The van der Waals surface area contributed by atoms with E-state index in [1.807, 2.05) is 24.3 Å². The summed E-state index contributed by atoms with van der Waals surface area (Å²) in [5.41, 5.74) is 7.61. The highest BCUT2D eigenvalue weighted by atomic mass is 79.9. The van der Waals surface area contributed by atoms with Gasteiger partial charge < -0.3 is 10.2 Å². The van der Waals surface area contributed by atoms with Gasteiger partial charge in [-0.2, -0.15) is 0 Å². The van der Waals surface area contributed by atoms with Crippen LogP contribution in [0.3, 0.4) is 0 Å². The molecule has 4 heteroatoms. The van der Waals surface area contributed by atoms with E-state index in [1.54, 1.807) is 6.26 Å². The van der Waals surface area contributed by atoms with E-state index in [-0.39, 0.29) is 5.54 Å². The van der Waals surface area contributed by atoms with Crippen LogP contribution >= 0.6 is 15.9 Å². The van der Waals surface area contributed by atoms with E-state index in [2.05, 4.69) is 20.9 Å². The van der Waals surface area contributed by atoms with Crippen LogP contribution in [0.1, 0.15) is 18.7 Å². The van der Waals surface area contributed by atoms with Gasteiger partial charge in [0.1, 0.15) is 12.0 Å². The minimum atomic E-state index is -0.298. The number of aromatic nitrogens is 1. The van der Waals surface area contributed by atoms with Crippen molar-refractivity contribution in [1.29, 1.82) is 0 Å². The van der Waals surface area contributed by atoms with Crippen molar-refractivity contribution in [3.05, 3.63) is 40.9 Å². The van der Waals surface area contributed by atoms with Gasteiger partial charge in [0, 0.05) is 10.0 Å². The van der Waals surface area contributed by atoms with Crippen molar-refractivity contribution in [1.82, 2.24) is 4.98 Å². The van der Waals surface area contributed by atoms with Gasteiger partial charge in [0.25, 0.3) is 0 Å². The molecule has 2 aromatic rings. The topological polar surface area (TPSA) is 52.0 Å². The molecule has 0 bridgehead atoms. The Morgan fingerprint density at radius 2 is 1.94 bits per heavy atom. The SMILES string of the molecule is NC1(c2nc(-c3ccc(Br)cc3)co2)CC1. The Bertz CT molecular complexity index is 514. The molecule has 16 heavy (non-hydrogen) atoms. The first kappa shape index (κ1) is 10.1. The molecular formula is C12H11BrN2O. The van der Waals surface area contributed by atoms with E-state index in [4.69, 9.17) is 10.2 Å². The molecule has 3 rings (SSSR count). The molecular weight excluding hydrogens is 268 g/mol. The van der Waals surface area contributed by atoms with Crippen molar-refractivity contribution in [2.45, 2.75) is 18.4 Å². The van der Waals surface area contributed by atoms with E-state index < -0.39 is 0 Å². The highest BCUT2D eigenvalue weighted by molar-refractivity contribution is 9.10. The molecule has 1 fully saturated rings. The van der Waals surface area contributed by atoms with Gasteiger partial charge in [-0.25, -0.2) is 4.98 Å². The van der Waals surface area contributed by atoms with Gasteiger partial charge in [0.05, 0.1) is 5.54 Å². The van der Waals surface area contributed by atoms with Crippen LogP contribution in [0.4, 0.5) is 0 Å². The minimum absolute atomic E-state index is 0.298. The fourth-order valence-electron chi connectivity index (χ4n) is 1.60. The number of nitrogens with zero attached hydrogens (tertiary/aromatic N) is 1. The summed E-state index contributed by atoms with van der Waals surface area (Å²) in [6.45, 7) is 0. The number of benzene rings is 1. The third-order valence-corrected chi connectivity index (χ3v) is 3.39. The second-order valence-corrected chi connectivity index (χ2v) is 5.12. The molecule has 0 atom stereocenters. The number of hydrogen-bond acceptors (Lipinski definition) is 3. The van der Waals surface area contributed by atoms with E-state index in [1.165, 1.54) is 0 Å². The van der Waals surface area contributed by atoms with E-state index in [0.717, 1.165) is 28.6 Å². The highest BCUT2D eigenvalue weighted by Crippen LogP contribution is 2.42. The van der Waals surface area contributed by atoms with Crippen molar-refractivity contribution < 1.29 is 4.42 Å². The average molecular weight is 279 g/mol. The van der Waals surface area contributed by atoms with Gasteiger partial charge in [0.15, 0.2) is 0 Å². The quantitative estimate of drug-likeness (QED) is 0.919. The monoisotopic (exact) mass is 278 g/mol. The fraction of sp³-hybridized carbons (Fsp3) is 0.250. The fourth-order valence-corrected chi connectivity index (χ4v) is 1.87. The van der Waals surface area contributed by atoms with E-state index in [9.17, 15) is 0 Å². The molecule has 3 nitrogen and oxygen atoms in total. The summed E-state index contributed by atoms with van der Waals surface area (Å²) < 4.78 is 6.48. The second kappa shape index (κ2) is 3.43. The Kier molecular flexibility index (Phi) is 2.16. The molecule has 0 spiro atoms. The Morgan fingerprint density at radius 3 is 2.56 bits per heavy atom. The van der Waals surface area contributed by atoms with Crippen LogP contribution in [0.15, 0.2) is 39.4 Å². The molecule has 0 amide bonds. The minimum Gasteiger partial charge on any atom is -0.446 e. The summed E-state index contributed by atoms with van der Waals surface area (Å²) in [7, 11) is 0. The first-order valence-corrected chi connectivity index (χ1v) is 5.97. The Morgan fingerprint density at radius 1 is 1.25 bits per heavy atom. The number of hydrogen-bond donors (Lipinski definition) is 1. The summed E-state index contributed by atoms with van der Waals surface area (Å²) in [6.07, 6.45) is 3.60. The van der Waals surface area contributed by atoms with Gasteiger partial charge >= 0.3 is 0 Å². The van der Waals surface area contributed by atoms with Gasteiger partial charge in [-0.05, 0) is 25.0 Å². The smallest absolute Gasteiger partial charge is 0.214 e. The van der Waals surface area contributed by atoms with Crippen LogP contribution in [-0.4, -0.2) is 4.98 Å². The number of rotatable bonds is 2. The summed E-state index contributed by atoms with van der Waals surface area (Å²) in [6, 6.07) is 7.97. The zero-order valence-corrected chi connectivity index (χ0v) is 10.2. The van der Waals surface area contributed by atoms with Gasteiger partial charge in [-0.1, -0.05) is 28.1 Å². The van der Waals surface area contributed by atoms with Gasteiger partial charge in [-0.3, -0.25) is 0 Å². The normalized spacial score (nSPS) is 17.4. The van der Waals surface area contributed by atoms with Crippen molar-refractivity contribution in [2.24, 2.45) is 5.73 Å².